The van der Waals surface area contributed by atoms with Crippen molar-refractivity contribution < 1.29 is 19.0 Å². The molecule has 0 unspecified atom stereocenters. The van der Waals surface area contributed by atoms with E-state index in [0.29, 0.717) is 18.8 Å². The van der Waals surface area contributed by atoms with E-state index in [1.54, 1.807) is 13.2 Å². The maximum Gasteiger partial charge on any atom is 0.132 e. The summed E-state index contributed by atoms with van der Waals surface area (Å²) in [5.74, 6) is 0.0114. The maximum absolute atomic E-state index is 13.6. The average molecular weight is 256 g/mol. The second kappa shape index (κ2) is 6.16. The molecule has 0 heterocycles. The molecule has 0 radical (unpaired) electrons. The van der Waals surface area contributed by atoms with Gasteiger partial charge >= 0.3 is 0 Å². The molecule has 0 aliphatic rings. The van der Waals surface area contributed by atoms with Crippen molar-refractivity contribution in [1.29, 1.82) is 0 Å². The summed E-state index contributed by atoms with van der Waals surface area (Å²) in [6, 6.07) is 4.49. The van der Waals surface area contributed by atoms with Gasteiger partial charge in [-0.1, -0.05) is 0 Å². The fourth-order valence-corrected chi connectivity index (χ4v) is 1.45. The summed E-state index contributed by atoms with van der Waals surface area (Å²) in [6.07, 6.45) is -0.102. The molecule has 0 saturated heterocycles. The minimum Gasteiger partial charge on any atom is -0.493 e. The molecule has 1 N–H and O–H groups in total. The van der Waals surface area contributed by atoms with Crippen molar-refractivity contribution in [1.82, 2.24) is 0 Å². The topological polar surface area (TPSA) is 38.7 Å². The fourth-order valence-electron chi connectivity index (χ4n) is 1.45. The first-order valence-corrected chi connectivity index (χ1v) is 6.01. The number of methoxy groups -OCH3 is 1. The molecule has 4 heteroatoms. The first-order chi connectivity index (χ1) is 8.35. The van der Waals surface area contributed by atoms with Crippen LogP contribution in [0, 0.1) is 5.82 Å². The highest BCUT2D eigenvalue weighted by Gasteiger charge is 2.16. The Morgan fingerprint density at radius 2 is 2.06 bits per heavy atom. The van der Waals surface area contributed by atoms with Crippen molar-refractivity contribution in [2.24, 2.45) is 0 Å². The van der Waals surface area contributed by atoms with Gasteiger partial charge in [0.05, 0.1) is 18.3 Å². The molecule has 0 aromatic heterocycles. The zero-order valence-corrected chi connectivity index (χ0v) is 11.4. The molecule has 1 aromatic carbocycles. The van der Waals surface area contributed by atoms with Crippen LogP contribution in [0.4, 0.5) is 4.39 Å². The molecular weight excluding hydrogens is 235 g/mol. The normalized spacial score (nSPS) is 13.4. The van der Waals surface area contributed by atoms with Gasteiger partial charge in [0, 0.05) is 25.2 Å². The van der Waals surface area contributed by atoms with Gasteiger partial charge in [-0.25, -0.2) is 4.39 Å². The van der Waals surface area contributed by atoms with Crippen molar-refractivity contribution in [2.45, 2.75) is 38.9 Å². The predicted octanol–water partition coefficient (Wildman–Crippen LogP) is 3.07. The highest BCUT2D eigenvalue weighted by molar-refractivity contribution is 5.29. The van der Waals surface area contributed by atoms with Crippen LogP contribution in [-0.4, -0.2) is 24.4 Å². The lowest BCUT2D eigenvalue weighted by Crippen LogP contribution is -2.25. The molecule has 0 aliphatic carbocycles. The molecule has 18 heavy (non-hydrogen) atoms. The summed E-state index contributed by atoms with van der Waals surface area (Å²) in [5.41, 5.74) is 0.0255. The van der Waals surface area contributed by atoms with Crippen molar-refractivity contribution in [3.8, 4) is 5.75 Å². The standard InChI is InChI=1S/C14H21FO3/c1-10(16)12-6-5-11(9-13(12)15)18-8-7-14(2,3)17-4/h5-6,9-10,16H,7-8H2,1-4H3/t10-/m0/s1. The largest absolute Gasteiger partial charge is 0.493 e. The van der Waals surface area contributed by atoms with Gasteiger partial charge in [0.1, 0.15) is 11.6 Å². The van der Waals surface area contributed by atoms with Crippen molar-refractivity contribution in [3.63, 3.8) is 0 Å². The minimum absolute atomic E-state index is 0.252. The van der Waals surface area contributed by atoms with Crippen LogP contribution in [-0.2, 0) is 4.74 Å². The second-order valence-corrected chi connectivity index (χ2v) is 4.92. The number of aliphatic hydroxyl groups excluding tert-OH is 1. The molecule has 3 nitrogen and oxygen atoms in total. The van der Waals surface area contributed by atoms with Crippen LogP contribution in [0.1, 0.15) is 38.9 Å². The quantitative estimate of drug-likeness (QED) is 0.850. The van der Waals surface area contributed by atoms with Crippen LogP contribution in [0.25, 0.3) is 0 Å². The summed E-state index contributed by atoms with van der Waals surface area (Å²) >= 11 is 0. The van der Waals surface area contributed by atoms with Crippen LogP contribution < -0.4 is 4.74 Å². The van der Waals surface area contributed by atoms with E-state index in [9.17, 15) is 9.50 Å². The van der Waals surface area contributed by atoms with Gasteiger partial charge in [-0.15, -0.1) is 0 Å². The summed E-state index contributed by atoms with van der Waals surface area (Å²) < 4.78 is 24.3. The van der Waals surface area contributed by atoms with E-state index in [-0.39, 0.29) is 11.2 Å². The van der Waals surface area contributed by atoms with Crippen LogP contribution in [0.5, 0.6) is 5.75 Å². The van der Waals surface area contributed by atoms with E-state index < -0.39 is 11.9 Å². The molecule has 1 atom stereocenters. The summed E-state index contributed by atoms with van der Waals surface area (Å²) in [7, 11) is 1.65. The molecule has 0 aliphatic heterocycles. The Bertz CT molecular complexity index is 389. The number of halogens is 1. The molecule has 0 spiro atoms. The zero-order chi connectivity index (χ0) is 13.8. The van der Waals surface area contributed by atoms with E-state index in [4.69, 9.17) is 9.47 Å². The van der Waals surface area contributed by atoms with Gasteiger partial charge in [0.25, 0.3) is 0 Å². The van der Waals surface area contributed by atoms with Crippen LogP contribution in [0.2, 0.25) is 0 Å². The van der Waals surface area contributed by atoms with Gasteiger partial charge in [0.2, 0.25) is 0 Å². The molecule has 0 amide bonds. The SMILES string of the molecule is COC(C)(C)CCOc1ccc([C@H](C)O)c(F)c1. The number of rotatable bonds is 6. The Morgan fingerprint density at radius 1 is 1.39 bits per heavy atom. The first kappa shape index (κ1) is 14.9. The molecule has 0 bridgehead atoms. The van der Waals surface area contributed by atoms with E-state index in [2.05, 4.69) is 0 Å². The first-order valence-electron chi connectivity index (χ1n) is 6.01. The third kappa shape index (κ3) is 4.27. The maximum atomic E-state index is 13.6. The van der Waals surface area contributed by atoms with Crippen molar-refractivity contribution in [3.05, 3.63) is 29.6 Å². The molecule has 102 valence electrons. The third-order valence-electron chi connectivity index (χ3n) is 2.95. The smallest absolute Gasteiger partial charge is 0.132 e. The second-order valence-electron chi connectivity index (χ2n) is 4.92. The lowest BCUT2D eigenvalue weighted by Gasteiger charge is -2.22. The lowest BCUT2D eigenvalue weighted by molar-refractivity contribution is 0.00543. The molecule has 1 rings (SSSR count). The summed E-state index contributed by atoms with van der Waals surface area (Å²) in [6.45, 7) is 5.91. The summed E-state index contributed by atoms with van der Waals surface area (Å²) in [4.78, 5) is 0. The molecular formula is C14H21FO3. The minimum atomic E-state index is -0.813. The van der Waals surface area contributed by atoms with E-state index in [1.807, 2.05) is 13.8 Å². The number of hydrogen-bond acceptors (Lipinski definition) is 3. The highest BCUT2D eigenvalue weighted by atomic mass is 19.1. The lowest BCUT2D eigenvalue weighted by atomic mass is 10.1. The Hall–Kier alpha value is -1.13. The highest BCUT2D eigenvalue weighted by Crippen LogP contribution is 2.22. The number of aliphatic hydroxyl groups is 1. The van der Waals surface area contributed by atoms with Gasteiger partial charge in [-0.2, -0.15) is 0 Å². The van der Waals surface area contributed by atoms with Gasteiger partial charge in [-0.05, 0) is 32.9 Å². The predicted molar refractivity (Wildman–Crippen MR) is 68.2 cm³/mol. The van der Waals surface area contributed by atoms with E-state index in [0.717, 1.165) is 0 Å². The van der Waals surface area contributed by atoms with Crippen molar-refractivity contribution in [2.75, 3.05) is 13.7 Å². The average Bonchev–Trinajstić information content (AvgIpc) is 2.28. The Balaban J connectivity index is 2.57. The molecule has 1 aromatic rings. The Labute approximate surface area is 108 Å². The summed E-state index contributed by atoms with van der Waals surface area (Å²) in [5, 5.41) is 9.31. The number of hydrogen-bond donors (Lipinski definition) is 1. The van der Waals surface area contributed by atoms with Crippen LogP contribution in [0.15, 0.2) is 18.2 Å². The van der Waals surface area contributed by atoms with Gasteiger partial charge in [0.15, 0.2) is 0 Å². The van der Waals surface area contributed by atoms with E-state index in [1.165, 1.54) is 19.1 Å². The van der Waals surface area contributed by atoms with Crippen molar-refractivity contribution >= 4 is 0 Å². The third-order valence-corrected chi connectivity index (χ3v) is 2.95. The molecule has 0 fully saturated rings. The van der Waals surface area contributed by atoms with E-state index >= 15 is 0 Å². The zero-order valence-electron chi connectivity index (χ0n) is 11.4. The Morgan fingerprint density at radius 3 is 2.56 bits per heavy atom. The number of benzene rings is 1. The van der Waals surface area contributed by atoms with Crippen LogP contribution in [0.3, 0.4) is 0 Å². The number of ether oxygens (including phenoxy) is 2. The Kier molecular flexibility index (Phi) is 5.11. The fraction of sp³-hybridized carbons (Fsp3) is 0.571. The molecule has 0 saturated carbocycles. The monoisotopic (exact) mass is 256 g/mol. The van der Waals surface area contributed by atoms with Gasteiger partial charge < -0.3 is 14.6 Å². The van der Waals surface area contributed by atoms with Crippen LogP contribution >= 0.6 is 0 Å². The van der Waals surface area contributed by atoms with Gasteiger partial charge in [-0.3, -0.25) is 0 Å².